The first-order chi connectivity index (χ1) is 9.16. The normalized spacial score (nSPS) is 10.8. The summed E-state index contributed by atoms with van der Waals surface area (Å²) < 4.78 is 18.4. The Morgan fingerprint density at radius 2 is 2.16 bits per heavy atom. The van der Waals surface area contributed by atoms with Crippen molar-refractivity contribution in [2.24, 2.45) is 0 Å². The molecule has 3 rings (SSSR count). The molecule has 3 aromatic rings. The number of nitrogen functional groups attached to an aromatic ring is 1. The fourth-order valence-electron chi connectivity index (χ4n) is 1.84. The van der Waals surface area contributed by atoms with Crippen molar-refractivity contribution < 1.29 is 8.91 Å². The van der Waals surface area contributed by atoms with Gasteiger partial charge >= 0.3 is 0 Å². The van der Waals surface area contributed by atoms with Gasteiger partial charge in [0, 0.05) is 0 Å². The number of anilines is 1. The number of rotatable bonds is 2. The van der Waals surface area contributed by atoms with Crippen LogP contribution in [-0.4, -0.2) is 5.16 Å². The van der Waals surface area contributed by atoms with Crippen molar-refractivity contribution in [2.45, 2.75) is 0 Å². The van der Waals surface area contributed by atoms with Gasteiger partial charge in [0.2, 0.25) is 5.88 Å². The topological polar surface area (TPSA) is 52.0 Å². The van der Waals surface area contributed by atoms with Crippen LogP contribution in [0.5, 0.6) is 0 Å². The molecule has 0 bridgehead atoms. The van der Waals surface area contributed by atoms with E-state index in [4.69, 9.17) is 21.9 Å². The van der Waals surface area contributed by atoms with Crippen molar-refractivity contribution >= 4 is 28.8 Å². The van der Waals surface area contributed by atoms with Crippen LogP contribution in [0.2, 0.25) is 5.02 Å². The van der Waals surface area contributed by atoms with E-state index < -0.39 is 0 Å². The van der Waals surface area contributed by atoms with Crippen LogP contribution in [0.1, 0.15) is 0 Å². The third-order valence-electron chi connectivity index (χ3n) is 2.66. The maximum absolute atomic E-state index is 13.3. The fraction of sp³-hybridized carbons (Fsp3) is 0. The van der Waals surface area contributed by atoms with Crippen molar-refractivity contribution in [3.8, 4) is 21.7 Å². The van der Waals surface area contributed by atoms with Gasteiger partial charge in [0.15, 0.2) is 0 Å². The van der Waals surface area contributed by atoms with Gasteiger partial charge in [0.25, 0.3) is 0 Å². The molecule has 1 aromatic carbocycles. The predicted octanol–water partition coefficient (Wildman–Crippen LogP) is 4.44. The molecular formula is C13H8ClFN2OS. The lowest BCUT2D eigenvalue weighted by Crippen LogP contribution is -1.87. The number of aromatic nitrogens is 1. The molecule has 0 aliphatic heterocycles. The summed E-state index contributed by atoms with van der Waals surface area (Å²) in [6.07, 6.45) is 0. The lowest BCUT2D eigenvalue weighted by molar-refractivity contribution is 0.439. The fourth-order valence-corrected chi connectivity index (χ4v) is 2.98. The first-order valence-electron chi connectivity index (χ1n) is 5.41. The van der Waals surface area contributed by atoms with Gasteiger partial charge in [0.1, 0.15) is 11.5 Å². The van der Waals surface area contributed by atoms with Gasteiger partial charge in [-0.05, 0) is 29.1 Å². The lowest BCUT2D eigenvalue weighted by Gasteiger charge is -2.01. The van der Waals surface area contributed by atoms with Crippen LogP contribution in [0.4, 0.5) is 10.3 Å². The molecule has 0 aliphatic carbocycles. The van der Waals surface area contributed by atoms with Gasteiger partial charge in [-0.15, -0.1) is 11.3 Å². The van der Waals surface area contributed by atoms with Crippen LogP contribution in [0.15, 0.2) is 40.2 Å². The van der Waals surface area contributed by atoms with Gasteiger partial charge in [-0.1, -0.05) is 28.9 Å². The highest BCUT2D eigenvalue weighted by molar-refractivity contribution is 7.14. The molecule has 0 fully saturated rings. The molecular weight excluding hydrogens is 287 g/mol. The van der Waals surface area contributed by atoms with Crippen molar-refractivity contribution in [3.05, 3.63) is 46.6 Å². The summed E-state index contributed by atoms with van der Waals surface area (Å²) in [7, 11) is 0. The van der Waals surface area contributed by atoms with Crippen LogP contribution in [-0.2, 0) is 0 Å². The van der Waals surface area contributed by atoms with Gasteiger partial charge < -0.3 is 10.3 Å². The Morgan fingerprint density at radius 3 is 2.84 bits per heavy atom. The van der Waals surface area contributed by atoms with E-state index in [0.29, 0.717) is 21.8 Å². The van der Waals surface area contributed by atoms with E-state index >= 15 is 0 Å². The molecule has 0 atom stereocenters. The largest absolute Gasteiger partial charge is 0.367 e. The zero-order valence-electron chi connectivity index (χ0n) is 9.56. The van der Waals surface area contributed by atoms with E-state index in [1.165, 1.54) is 23.5 Å². The molecule has 2 N–H and O–H groups in total. The summed E-state index contributed by atoms with van der Waals surface area (Å²) in [6, 6.07) is 7.87. The van der Waals surface area contributed by atoms with Gasteiger partial charge in [0.05, 0.1) is 15.5 Å². The Kier molecular flexibility index (Phi) is 3.00. The molecule has 3 nitrogen and oxygen atoms in total. The first-order valence-corrected chi connectivity index (χ1v) is 6.67. The maximum Gasteiger partial charge on any atom is 0.230 e. The summed E-state index contributed by atoms with van der Waals surface area (Å²) in [6.45, 7) is 0. The number of halogens is 2. The third-order valence-corrected chi connectivity index (χ3v) is 4.01. The minimum atomic E-state index is -0.346. The Hall–Kier alpha value is -1.85. The molecule has 2 heterocycles. The Labute approximate surface area is 117 Å². The number of benzene rings is 1. The minimum Gasteiger partial charge on any atom is -0.367 e. The van der Waals surface area contributed by atoms with Crippen LogP contribution >= 0.6 is 22.9 Å². The molecule has 6 heteroatoms. The Bertz CT molecular complexity index is 738. The quantitative estimate of drug-likeness (QED) is 0.760. The average Bonchev–Trinajstić information content (AvgIpc) is 2.95. The summed E-state index contributed by atoms with van der Waals surface area (Å²) >= 11 is 7.51. The average molecular weight is 295 g/mol. The molecule has 19 heavy (non-hydrogen) atoms. The summed E-state index contributed by atoms with van der Waals surface area (Å²) in [5.41, 5.74) is 7.49. The second kappa shape index (κ2) is 4.68. The first kappa shape index (κ1) is 12.2. The SMILES string of the molecule is Nc1onc(-c2sccc2Cl)c1-c1cccc(F)c1. The molecule has 0 radical (unpaired) electrons. The molecule has 0 aliphatic rings. The molecule has 0 amide bonds. The van der Waals surface area contributed by atoms with Crippen molar-refractivity contribution in [2.75, 3.05) is 5.73 Å². The number of hydrogen-bond donors (Lipinski definition) is 1. The van der Waals surface area contributed by atoms with Crippen molar-refractivity contribution in [1.29, 1.82) is 0 Å². The van der Waals surface area contributed by atoms with E-state index in [-0.39, 0.29) is 11.7 Å². The predicted molar refractivity (Wildman–Crippen MR) is 74.6 cm³/mol. The monoisotopic (exact) mass is 294 g/mol. The molecule has 0 saturated heterocycles. The van der Waals surface area contributed by atoms with Crippen LogP contribution in [0.25, 0.3) is 21.7 Å². The summed E-state index contributed by atoms with van der Waals surface area (Å²) in [5.74, 6) is -0.202. The third kappa shape index (κ3) is 2.11. The van der Waals surface area contributed by atoms with E-state index in [0.717, 1.165) is 4.88 Å². The molecule has 0 saturated carbocycles. The van der Waals surface area contributed by atoms with Gasteiger partial charge in [-0.2, -0.15) is 0 Å². The van der Waals surface area contributed by atoms with E-state index in [1.54, 1.807) is 18.2 Å². The summed E-state index contributed by atoms with van der Waals surface area (Å²) in [5, 5.41) is 6.34. The Balaban J connectivity index is 2.22. The molecule has 96 valence electrons. The Morgan fingerprint density at radius 1 is 1.32 bits per heavy atom. The van der Waals surface area contributed by atoms with Crippen LogP contribution in [0, 0.1) is 5.82 Å². The van der Waals surface area contributed by atoms with Gasteiger partial charge in [-0.3, -0.25) is 0 Å². The highest BCUT2D eigenvalue weighted by atomic mass is 35.5. The number of thiophene rings is 1. The second-order valence-electron chi connectivity index (χ2n) is 3.88. The smallest absolute Gasteiger partial charge is 0.230 e. The maximum atomic E-state index is 13.3. The number of hydrogen-bond acceptors (Lipinski definition) is 4. The standard InChI is InChI=1S/C13H8ClFN2OS/c14-9-4-5-19-12(9)11-10(13(16)18-17-11)7-2-1-3-8(15)6-7/h1-6H,16H2. The highest BCUT2D eigenvalue weighted by Gasteiger charge is 2.20. The summed E-state index contributed by atoms with van der Waals surface area (Å²) in [4.78, 5) is 0.751. The van der Waals surface area contributed by atoms with E-state index in [1.807, 2.05) is 5.38 Å². The minimum absolute atomic E-state index is 0.144. The molecule has 0 spiro atoms. The highest BCUT2D eigenvalue weighted by Crippen LogP contribution is 2.41. The lowest BCUT2D eigenvalue weighted by atomic mass is 10.0. The zero-order chi connectivity index (χ0) is 13.4. The molecule has 2 aromatic heterocycles. The van der Waals surface area contributed by atoms with E-state index in [9.17, 15) is 4.39 Å². The number of nitrogens with zero attached hydrogens (tertiary/aromatic N) is 1. The van der Waals surface area contributed by atoms with Crippen molar-refractivity contribution in [3.63, 3.8) is 0 Å². The van der Waals surface area contributed by atoms with Crippen LogP contribution < -0.4 is 5.73 Å². The van der Waals surface area contributed by atoms with Crippen LogP contribution in [0.3, 0.4) is 0 Å². The molecule has 0 unspecified atom stereocenters. The van der Waals surface area contributed by atoms with Gasteiger partial charge in [-0.25, -0.2) is 4.39 Å². The number of nitrogens with two attached hydrogens (primary N) is 1. The zero-order valence-corrected chi connectivity index (χ0v) is 11.1. The van der Waals surface area contributed by atoms with E-state index in [2.05, 4.69) is 5.16 Å². The second-order valence-corrected chi connectivity index (χ2v) is 5.20. The van der Waals surface area contributed by atoms with Crippen molar-refractivity contribution in [1.82, 2.24) is 5.16 Å².